The van der Waals surface area contributed by atoms with Crippen molar-refractivity contribution in [2.45, 2.75) is 18.9 Å². The maximum Gasteiger partial charge on any atom is 0.254 e. The number of aromatic amines is 1. The summed E-state index contributed by atoms with van der Waals surface area (Å²) in [6, 6.07) is 7.49. The van der Waals surface area contributed by atoms with E-state index >= 15 is 0 Å². The zero-order valence-corrected chi connectivity index (χ0v) is 10.8. The first-order chi connectivity index (χ1) is 9.15. The monoisotopic (exact) mass is 262 g/mol. The number of para-hydroxylation sites is 1. The van der Waals surface area contributed by atoms with E-state index in [9.17, 15) is 15.0 Å². The number of aromatic nitrogens is 1. The van der Waals surface area contributed by atoms with Gasteiger partial charge in [-0.05, 0) is 12.5 Å². The van der Waals surface area contributed by atoms with Gasteiger partial charge in [-0.25, -0.2) is 0 Å². The molecule has 102 valence electrons. The van der Waals surface area contributed by atoms with E-state index in [1.165, 1.54) is 0 Å². The average Bonchev–Trinajstić information content (AvgIpc) is 2.89. The lowest BCUT2D eigenvalue weighted by atomic mass is 9.97. The number of H-pyrrole nitrogens is 1. The van der Waals surface area contributed by atoms with E-state index in [1.54, 1.807) is 6.20 Å². The number of carbonyl (C=O) groups excluding carboxylic acids is 1. The van der Waals surface area contributed by atoms with Crippen molar-refractivity contribution < 1.29 is 15.0 Å². The van der Waals surface area contributed by atoms with Crippen LogP contribution in [-0.2, 0) is 0 Å². The molecule has 0 fully saturated rings. The lowest BCUT2D eigenvalue weighted by Gasteiger charge is -2.29. The van der Waals surface area contributed by atoms with Crippen LogP contribution < -0.4 is 5.32 Å². The third-order valence-corrected chi connectivity index (χ3v) is 3.49. The lowest BCUT2D eigenvalue weighted by Crippen LogP contribution is -2.53. The summed E-state index contributed by atoms with van der Waals surface area (Å²) in [6.45, 7) is 1.21. The SMILES string of the molecule is CCC(CO)(CO)NC(=O)c1c[nH]c2ccccc12. The van der Waals surface area contributed by atoms with Crippen molar-refractivity contribution in [1.82, 2.24) is 10.3 Å². The predicted octanol–water partition coefficient (Wildman–Crippen LogP) is 1.03. The first-order valence-electron chi connectivity index (χ1n) is 6.26. The zero-order chi connectivity index (χ0) is 13.9. The molecule has 1 aromatic heterocycles. The number of amides is 1. The highest BCUT2D eigenvalue weighted by atomic mass is 16.3. The summed E-state index contributed by atoms with van der Waals surface area (Å²) >= 11 is 0. The number of carbonyl (C=O) groups is 1. The zero-order valence-electron chi connectivity index (χ0n) is 10.8. The van der Waals surface area contributed by atoms with Gasteiger partial charge < -0.3 is 20.5 Å². The van der Waals surface area contributed by atoms with E-state index in [-0.39, 0.29) is 19.1 Å². The van der Waals surface area contributed by atoms with Crippen molar-refractivity contribution in [3.05, 3.63) is 36.0 Å². The first kappa shape index (κ1) is 13.6. The number of aliphatic hydroxyl groups is 2. The highest BCUT2D eigenvalue weighted by Crippen LogP contribution is 2.19. The highest BCUT2D eigenvalue weighted by molar-refractivity contribution is 6.06. The molecule has 19 heavy (non-hydrogen) atoms. The van der Waals surface area contributed by atoms with Gasteiger partial charge in [-0.1, -0.05) is 25.1 Å². The summed E-state index contributed by atoms with van der Waals surface area (Å²) in [5, 5.41) is 22.2. The summed E-state index contributed by atoms with van der Waals surface area (Å²) in [7, 11) is 0. The van der Waals surface area contributed by atoms with Crippen molar-refractivity contribution in [1.29, 1.82) is 0 Å². The van der Waals surface area contributed by atoms with Crippen LogP contribution in [0.2, 0.25) is 0 Å². The Balaban J connectivity index is 2.29. The second-order valence-corrected chi connectivity index (χ2v) is 4.65. The fourth-order valence-corrected chi connectivity index (χ4v) is 2.01. The van der Waals surface area contributed by atoms with Gasteiger partial charge in [-0.3, -0.25) is 4.79 Å². The number of aliphatic hydroxyl groups excluding tert-OH is 2. The quantitative estimate of drug-likeness (QED) is 0.649. The molecule has 0 aliphatic rings. The molecule has 0 aliphatic carbocycles. The van der Waals surface area contributed by atoms with Gasteiger partial charge in [0.15, 0.2) is 0 Å². The molecule has 0 saturated heterocycles. The van der Waals surface area contributed by atoms with Gasteiger partial charge in [-0.15, -0.1) is 0 Å². The average molecular weight is 262 g/mol. The molecule has 0 bridgehead atoms. The number of hydrogen-bond acceptors (Lipinski definition) is 3. The molecular formula is C14H18N2O3. The van der Waals surface area contributed by atoms with Crippen LogP contribution in [0.3, 0.4) is 0 Å². The van der Waals surface area contributed by atoms with Crippen molar-refractivity contribution in [2.75, 3.05) is 13.2 Å². The second kappa shape index (κ2) is 5.42. The molecule has 2 aromatic rings. The Labute approximate surface area is 111 Å². The smallest absolute Gasteiger partial charge is 0.254 e. The molecule has 0 spiro atoms. The molecule has 1 aromatic carbocycles. The fraction of sp³-hybridized carbons (Fsp3) is 0.357. The highest BCUT2D eigenvalue weighted by Gasteiger charge is 2.29. The van der Waals surface area contributed by atoms with Crippen LogP contribution in [0.15, 0.2) is 30.5 Å². The lowest BCUT2D eigenvalue weighted by molar-refractivity contribution is 0.0654. The van der Waals surface area contributed by atoms with E-state index in [2.05, 4.69) is 10.3 Å². The summed E-state index contributed by atoms with van der Waals surface area (Å²) in [5.41, 5.74) is 0.410. The van der Waals surface area contributed by atoms with E-state index < -0.39 is 5.54 Å². The molecule has 0 aliphatic heterocycles. The van der Waals surface area contributed by atoms with Crippen molar-refractivity contribution in [3.63, 3.8) is 0 Å². The second-order valence-electron chi connectivity index (χ2n) is 4.65. The molecule has 4 N–H and O–H groups in total. The minimum Gasteiger partial charge on any atom is -0.394 e. The number of hydrogen-bond donors (Lipinski definition) is 4. The Morgan fingerprint density at radius 2 is 2.00 bits per heavy atom. The largest absolute Gasteiger partial charge is 0.394 e. The molecule has 5 nitrogen and oxygen atoms in total. The van der Waals surface area contributed by atoms with Crippen LogP contribution in [0, 0.1) is 0 Å². The van der Waals surface area contributed by atoms with Gasteiger partial charge in [0.25, 0.3) is 5.91 Å². The predicted molar refractivity (Wildman–Crippen MR) is 73.0 cm³/mol. The van der Waals surface area contributed by atoms with E-state index in [0.29, 0.717) is 12.0 Å². The van der Waals surface area contributed by atoms with Crippen LogP contribution in [0.4, 0.5) is 0 Å². The van der Waals surface area contributed by atoms with Crippen LogP contribution in [0.5, 0.6) is 0 Å². The van der Waals surface area contributed by atoms with Gasteiger partial charge in [-0.2, -0.15) is 0 Å². The van der Waals surface area contributed by atoms with Gasteiger partial charge in [0.2, 0.25) is 0 Å². The fourth-order valence-electron chi connectivity index (χ4n) is 2.01. The van der Waals surface area contributed by atoms with Gasteiger partial charge >= 0.3 is 0 Å². The van der Waals surface area contributed by atoms with Gasteiger partial charge in [0.05, 0.1) is 24.3 Å². The molecule has 1 amide bonds. The van der Waals surface area contributed by atoms with E-state index in [0.717, 1.165) is 10.9 Å². The van der Waals surface area contributed by atoms with Crippen LogP contribution in [-0.4, -0.2) is 39.9 Å². The van der Waals surface area contributed by atoms with E-state index in [1.807, 2.05) is 31.2 Å². The molecule has 0 atom stereocenters. The maximum atomic E-state index is 12.3. The third-order valence-electron chi connectivity index (χ3n) is 3.49. The Hall–Kier alpha value is -1.85. The topological polar surface area (TPSA) is 85.3 Å². The summed E-state index contributed by atoms with van der Waals surface area (Å²) in [5.74, 6) is -0.303. The number of nitrogens with one attached hydrogen (secondary N) is 2. The minimum absolute atomic E-state index is 0.298. The van der Waals surface area contributed by atoms with Crippen molar-refractivity contribution in [3.8, 4) is 0 Å². The van der Waals surface area contributed by atoms with Crippen LogP contribution in [0.1, 0.15) is 23.7 Å². The summed E-state index contributed by atoms with van der Waals surface area (Å²) in [6.07, 6.45) is 2.09. The third kappa shape index (κ3) is 2.47. The normalized spacial score (nSPS) is 11.7. The Bertz CT molecular complexity index is 565. The minimum atomic E-state index is -0.977. The standard InChI is InChI=1S/C14H18N2O3/c1-2-14(8-17,9-18)16-13(19)11-7-15-12-6-4-3-5-10(11)12/h3-7,15,17-18H,2,8-9H2,1H3,(H,16,19). The molecule has 0 saturated carbocycles. The number of benzene rings is 1. The first-order valence-corrected chi connectivity index (χ1v) is 6.26. The molecule has 5 heteroatoms. The Morgan fingerprint density at radius 1 is 1.32 bits per heavy atom. The van der Waals surface area contributed by atoms with Gasteiger partial charge in [0, 0.05) is 17.1 Å². The van der Waals surface area contributed by atoms with Gasteiger partial charge in [0.1, 0.15) is 0 Å². The van der Waals surface area contributed by atoms with Crippen molar-refractivity contribution >= 4 is 16.8 Å². The molecule has 0 unspecified atom stereocenters. The van der Waals surface area contributed by atoms with Crippen LogP contribution in [0.25, 0.3) is 10.9 Å². The van der Waals surface area contributed by atoms with Crippen LogP contribution >= 0.6 is 0 Å². The van der Waals surface area contributed by atoms with E-state index in [4.69, 9.17) is 0 Å². The molecule has 2 rings (SSSR count). The molecule has 1 heterocycles. The summed E-state index contributed by atoms with van der Waals surface area (Å²) < 4.78 is 0. The van der Waals surface area contributed by atoms with Crippen molar-refractivity contribution in [2.24, 2.45) is 0 Å². The Morgan fingerprint density at radius 3 is 2.63 bits per heavy atom. The molecular weight excluding hydrogens is 244 g/mol. The Kier molecular flexibility index (Phi) is 3.87. The maximum absolute atomic E-state index is 12.3. The number of rotatable bonds is 5. The number of fused-ring (bicyclic) bond motifs is 1. The molecule has 0 radical (unpaired) electrons. The summed E-state index contributed by atoms with van der Waals surface area (Å²) in [4.78, 5) is 15.3.